The van der Waals surface area contributed by atoms with E-state index in [1.807, 2.05) is 0 Å². The minimum atomic E-state index is 0.0185. The van der Waals surface area contributed by atoms with Crippen molar-refractivity contribution in [2.75, 3.05) is 12.3 Å². The summed E-state index contributed by atoms with van der Waals surface area (Å²) in [5.41, 5.74) is 6.78. The lowest BCUT2D eigenvalue weighted by atomic mass is 10.1. The lowest BCUT2D eigenvalue weighted by molar-refractivity contribution is -0.103. The number of nitrogens with two attached hydrogens (primary N) is 1. The molecule has 0 aliphatic carbocycles. The standard InChI is InChI=1S/C11H11Cl2NO2/c1-2-16-11(13)9(6-15)8-5-7(14)3-4-10(8)12/h3-6H,2,14H2,1H3. The number of hydrogen-bond acceptors (Lipinski definition) is 3. The summed E-state index contributed by atoms with van der Waals surface area (Å²) in [7, 11) is 0. The second kappa shape index (κ2) is 5.77. The van der Waals surface area contributed by atoms with Gasteiger partial charge in [0.25, 0.3) is 0 Å². The van der Waals surface area contributed by atoms with Gasteiger partial charge in [0.05, 0.1) is 12.2 Å². The third kappa shape index (κ3) is 2.90. The summed E-state index contributed by atoms with van der Waals surface area (Å²) < 4.78 is 5.06. The maximum Gasteiger partial charge on any atom is 0.198 e. The van der Waals surface area contributed by atoms with Crippen LogP contribution in [0.3, 0.4) is 0 Å². The first-order valence-electron chi connectivity index (χ1n) is 4.63. The summed E-state index contributed by atoms with van der Waals surface area (Å²) in [6.45, 7) is 2.14. The maximum atomic E-state index is 11.0. The highest BCUT2D eigenvalue weighted by atomic mass is 35.5. The molecule has 5 heteroatoms. The van der Waals surface area contributed by atoms with Crippen molar-refractivity contribution in [2.24, 2.45) is 0 Å². The number of carbonyl (C=O) groups excluding carboxylic acids is 1. The van der Waals surface area contributed by atoms with Gasteiger partial charge in [-0.3, -0.25) is 4.79 Å². The molecule has 0 bridgehead atoms. The van der Waals surface area contributed by atoms with Crippen LogP contribution in [0, 0.1) is 0 Å². The van der Waals surface area contributed by atoms with Gasteiger partial charge in [-0.05, 0) is 36.7 Å². The Morgan fingerprint density at radius 3 is 2.81 bits per heavy atom. The first-order valence-corrected chi connectivity index (χ1v) is 5.38. The van der Waals surface area contributed by atoms with E-state index in [9.17, 15) is 4.79 Å². The second-order valence-electron chi connectivity index (χ2n) is 2.98. The Balaban J connectivity index is 3.28. The van der Waals surface area contributed by atoms with Crippen LogP contribution in [-0.4, -0.2) is 12.9 Å². The van der Waals surface area contributed by atoms with Crippen LogP contribution in [-0.2, 0) is 9.53 Å². The molecular formula is C11H11Cl2NO2. The summed E-state index contributed by atoms with van der Waals surface area (Å²) in [5.74, 6) is 0. The van der Waals surface area contributed by atoms with Gasteiger partial charge in [0.1, 0.15) is 0 Å². The van der Waals surface area contributed by atoms with E-state index in [1.54, 1.807) is 25.1 Å². The normalized spacial score (nSPS) is 11.9. The SMILES string of the molecule is CCOC(Cl)=C(C=O)c1cc(N)ccc1Cl. The number of carbonyl (C=O) groups is 1. The van der Waals surface area contributed by atoms with Crippen LogP contribution in [0.4, 0.5) is 5.69 Å². The molecule has 0 atom stereocenters. The zero-order valence-corrected chi connectivity index (χ0v) is 10.2. The molecule has 0 saturated carbocycles. The Hall–Kier alpha value is -1.19. The van der Waals surface area contributed by atoms with Crippen LogP contribution in [0.25, 0.3) is 5.57 Å². The minimum Gasteiger partial charge on any atom is -0.483 e. The van der Waals surface area contributed by atoms with Crippen LogP contribution < -0.4 is 5.73 Å². The largest absolute Gasteiger partial charge is 0.483 e. The van der Waals surface area contributed by atoms with E-state index in [1.165, 1.54) is 0 Å². The van der Waals surface area contributed by atoms with Crippen molar-refractivity contribution < 1.29 is 9.53 Å². The molecule has 1 rings (SSSR count). The van der Waals surface area contributed by atoms with Crippen molar-refractivity contribution in [1.82, 2.24) is 0 Å². The van der Waals surface area contributed by atoms with Crippen molar-refractivity contribution in [3.05, 3.63) is 34.0 Å². The molecule has 0 radical (unpaired) electrons. The lowest BCUT2D eigenvalue weighted by Crippen LogP contribution is -1.96. The van der Waals surface area contributed by atoms with Crippen molar-refractivity contribution in [1.29, 1.82) is 0 Å². The van der Waals surface area contributed by atoms with Gasteiger partial charge in [-0.25, -0.2) is 0 Å². The Morgan fingerprint density at radius 2 is 2.25 bits per heavy atom. The van der Waals surface area contributed by atoms with E-state index in [4.69, 9.17) is 33.7 Å². The zero-order valence-electron chi connectivity index (χ0n) is 8.67. The monoisotopic (exact) mass is 259 g/mol. The molecule has 0 heterocycles. The molecule has 2 N–H and O–H groups in total. The number of halogens is 2. The van der Waals surface area contributed by atoms with Crippen LogP contribution in [0.5, 0.6) is 0 Å². The van der Waals surface area contributed by atoms with Crippen molar-refractivity contribution in [3.8, 4) is 0 Å². The van der Waals surface area contributed by atoms with Gasteiger partial charge in [-0.1, -0.05) is 11.6 Å². The van der Waals surface area contributed by atoms with Gasteiger partial charge in [0, 0.05) is 16.3 Å². The molecular weight excluding hydrogens is 249 g/mol. The van der Waals surface area contributed by atoms with Crippen LogP contribution >= 0.6 is 23.2 Å². The fraction of sp³-hybridized carbons (Fsp3) is 0.182. The molecule has 3 nitrogen and oxygen atoms in total. The predicted molar refractivity (Wildman–Crippen MR) is 66.3 cm³/mol. The van der Waals surface area contributed by atoms with Crippen LogP contribution in [0.2, 0.25) is 5.02 Å². The number of nitrogen functional groups attached to an aromatic ring is 1. The van der Waals surface area contributed by atoms with Gasteiger partial charge in [-0.2, -0.15) is 0 Å². The Bertz CT molecular complexity index is 430. The number of benzene rings is 1. The van der Waals surface area contributed by atoms with E-state index in [0.717, 1.165) is 0 Å². The van der Waals surface area contributed by atoms with E-state index in [-0.39, 0.29) is 10.8 Å². The fourth-order valence-electron chi connectivity index (χ4n) is 1.17. The number of hydrogen-bond donors (Lipinski definition) is 1. The van der Waals surface area contributed by atoms with Crippen LogP contribution in [0.15, 0.2) is 23.4 Å². The van der Waals surface area contributed by atoms with Gasteiger partial charge in [0.2, 0.25) is 0 Å². The molecule has 86 valence electrons. The molecule has 0 unspecified atom stereocenters. The Morgan fingerprint density at radius 1 is 1.56 bits per heavy atom. The molecule has 0 aliphatic rings. The summed E-state index contributed by atoms with van der Waals surface area (Å²) in [5, 5.41) is 0.416. The van der Waals surface area contributed by atoms with Gasteiger partial charge >= 0.3 is 0 Å². The van der Waals surface area contributed by atoms with E-state index in [0.29, 0.717) is 29.2 Å². The van der Waals surface area contributed by atoms with Crippen LogP contribution in [0.1, 0.15) is 12.5 Å². The quantitative estimate of drug-likeness (QED) is 0.391. The number of rotatable bonds is 4. The third-order valence-corrected chi connectivity index (χ3v) is 2.52. The lowest BCUT2D eigenvalue weighted by Gasteiger charge is -2.08. The molecule has 16 heavy (non-hydrogen) atoms. The highest BCUT2D eigenvalue weighted by Gasteiger charge is 2.12. The topological polar surface area (TPSA) is 52.3 Å². The molecule has 1 aromatic rings. The average molecular weight is 260 g/mol. The van der Waals surface area contributed by atoms with E-state index >= 15 is 0 Å². The van der Waals surface area contributed by atoms with Gasteiger partial charge < -0.3 is 10.5 Å². The van der Waals surface area contributed by atoms with Crippen molar-refractivity contribution >= 4 is 40.7 Å². The van der Waals surface area contributed by atoms with E-state index in [2.05, 4.69) is 0 Å². The van der Waals surface area contributed by atoms with Crippen molar-refractivity contribution in [2.45, 2.75) is 6.92 Å². The third-order valence-electron chi connectivity index (χ3n) is 1.88. The summed E-state index contributed by atoms with van der Waals surface area (Å²) in [6, 6.07) is 4.82. The highest BCUT2D eigenvalue weighted by molar-refractivity contribution is 6.38. The first kappa shape index (κ1) is 12.9. The second-order valence-corrected chi connectivity index (χ2v) is 3.73. The molecule has 0 aliphatic heterocycles. The van der Waals surface area contributed by atoms with Gasteiger partial charge in [-0.15, -0.1) is 0 Å². The Labute approximate surface area is 104 Å². The molecule has 0 spiro atoms. The summed E-state index contributed by atoms with van der Waals surface area (Å²) in [4.78, 5) is 11.0. The minimum absolute atomic E-state index is 0.0185. The smallest absolute Gasteiger partial charge is 0.198 e. The molecule has 0 aromatic heterocycles. The maximum absolute atomic E-state index is 11.0. The average Bonchev–Trinajstić information content (AvgIpc) is 2.24. The highest BCUT2D eigenvalue weighted by Crippen LogP contribution is 2.28. The molecule has 1 aromatic carbocycles. The Kier molecular flexibility index (Phi) is 4.65. The predicted octanol–water partition coefficient (Wildman–Crippen LogP) is 3.07. The van der Waals surface area contributed by atoms with Gasteiger partial charge in [0.15, 0.2) is 11.5 Å². The van der Waals surface area contributed by atoms with Crippen molar-refractivity contribution in [3.63, 3.8) is 0 Å². The molecule has 0 amide bonds. The zero-order chi connectivity index (χ0) is 12.1. The van der Waals surface area contributed by atoms with E-state index < -0.39 is 0 Å². The number of anilines is 1. The number of ether oxygens (including phenoxy) is 1. The fourth-order valence-corrected chi connectivity index (χ4v) is 1.64. The first-order chi connectivity index (χ1) is 7.60. The number of allylic oxidation sites excluding steroid dienone is 1. The molecule has 0 fully saturated rings. The summed E-state index contributed by atoms with van der Waals surface area (Å²) >= 11 is 11.8. The number of aldehydes is 1. The summed E-state index contributed by atoms with van der Waals surface area (Å²) in [6.07, 6.45) is 0.596. The molecule has 0 saturated heterocycles.